The van der Waals surface area contributed by atoms with Crippen LogP contribution in [0, 0.1) is 0 Å². The van der Waals surface area contributed by atoms with E-state index in [1.54, 1.807) is 17.5 Å². The number of anilines is 2. The van der Waals surface area contributed by atoms with Gasteiger partial charge in [-0.25, -0.2) is 15.0 Å². The molecule has 10 nitrogen and oxygen atoms in total. The highest BCUT2D eigenvalue weighted by Crippen LogP contribution is 2.38. The van der Waals surface area contributed by atoms with Crippen LogP contribution in [0.2, 0.25) is 5.02 Å². The van der Waals surface area contributed by atoms with E-state index in [0.717, 1.165) is 61.1 Å². The number of nitrogens with zero attached hydrogens (tertiary/aromatic N) is 6. The predicted octanol–water partition coefficient (Wildman–Crippen LogP) is 4.54. The maximum absolute atomic E-state index is 13.0. The number of carbonyl (C=O) groups excluding carboxylic acids is 1. The van der Waals surface area contributed by atoms with Gasteiger partial charge in [0.1, 0.15) is 11.5 Å². The molecular formula is C26H32ClN7O3S2. The van der Waals surface area contributed by atoms with Gasteiger partial charge >= 0.3 is 5.97 Å². The molecule has 2 aliphatic rings. The van der Waals surface area contributed by atoms with Crippen molar-refractivity contribution in [2.75, 3.05) is 49.5 Å². The molecule has 1 amide bonds. The van der Waals surface area contributed by atoms with Crippen molar-refractivity contribution >= 4 is 57.1 Å². The van der Waals surface area contributed by atoms with Gasteiger partial charge in [0.25, 0.3) is 5.91 Å². The molecule has 0 aromatic carbocycles. The molecule has 5 rings (SSSR count). The second kappa shape index (κ2) is 12.7. The highest BCUT2D eigenvalue weighted by molar-refractivity contribution is 7.17. The molecule has 3 aromatic rings. The van der Waals surface area contributed by atoms with E-state index in [-0.39, 0.29) is 18.0 Å². The highest BCUT2D eigenvalue weighted by atomic mass is 35.5. The van der Waals surface area contributed by atoms with Crippen molar-refractivity contribution in [2.24, 2.45) is 0 Å². The van der Waals surface area contributed by atoms with Crippen molar-refractivity contribution in [3.05, 3.63) is 39.4 Å². The fraction of sp³-hybridized carbons (Fsp3) is 0.500. The van der Waals surface area contributed by atoms with Gasteiger partial charge < -0.3 is 10.0 Å². The van der Waals surface area contributed by atoms with Crippen molar-refractivity contribution in [3.8, 4) is 10.6 Å². The molecular weight excluding hydrogens is 558 g/mol. The van der Waals surface area contributed by atoms with E-state index in [4.69, 9.17) is 21.7 Å². The molecule has 1 atom stereocenters. The monoisotopic (exact) mass is 589 g/mol. The smallest absolute Gasteiger partial charge is 0.304 e. The Morgan fingerprint density at radius 3 is 2.67 bits per heavy atom. The minimum absolute atomic E-state index is 0.143. The van der Waals surface area contributed by atoms with Crippen molar-refractivity contribution in [2.45, 2.75) is 45.2 Å². The summed E-state index contributed by atoms with van der Waals surface area (Å²) in [5.41, 5.74) is 1.10. The van der Waals surface area contributed by atoms with Gasteiger partial charge in [0.05, 0.1) is 34.4 Å². The Kier molecular flexibility index (Phi) is 9.08. The summed E-state index contributed by atoms with van der Waals surface area (Å²) in [6.07, 6.45) is 6.80. The molecule has 0 spiro atoms. The molecule has 2 aliphatic heterocycles. The fourth-order valence-corrected chi connectivity index (χ4v) is 7.26. The Balaban J connectivity index is 1.24. The largest absolute Gasteiger partial charge is 0.481 e. The molecule has 3 aromatic heterocycles. The number of amides is 1. The number of piperazine rings is 1. The summed E-state index contributed by atoms with van der Waals surface area (Å²) in [6.45, 7) is 7.63. The van der Waals surface area contributed by atoms with Gasteiger partial charge in [-0.05, 0) is 31.9 Å². The summed E-state index contributed by atoms with van der Waals surface area (Å²) in [7, 11) is 0. The third kappa shape index (κ3) is 6.93. The standard InChI is InChI=1S/C26H32ClN7O3S2/c1-2-18-4-3-6-34(18)15-21-24(20-12-17(27)16-38-20)30-26(39-21)31-25(37)19-13-29-22(14-28-19)33-10-8-32(9-11-33)7-5-23(35)36/h12-14,16,18H,2-11,15H2,1H3,(H,35,36)(H,30,31,37)/t18-/m1/s1. The van der Waals surface area contributed by atoms with Gasteiger partial charge in [-0.2, -0.15) is 0 Å². The lowest BCUT2D eigenvalue weighted by atomic mass is 10.1. The minimum atomic E-state index is -0.782. The number of carbonyl (C=O) groups is 2. The number of aliphatic carboxylic acids is 1. The Labute approximate surface area is 240 Å². The van der Waals surface area contributed by atoms with Crippen molar-refractivity contribution in [1.29, 1.82) is 0 Å². The lowest BCUT2D eigenvalue weighted by Gasteiger charge is -2.34. The van der Waals surface area contributed by atoms with Crippen molar-refractivity contribution in [3.63, 3.8) is 0 Å². The second-order valence-electron chi connectivity index (χ2n) is 9.78. The number of carboxylic acids is 1. The van der Waals surface area contributed by atoms with E-state index in [1.807, 2.05) is 11.4 Å². The number of carboxylic acid groups (broad SMARTS) is 1. The lowest BCUT2D eigenvalue weighted by Crippen LogP contribution is -2.47. The number of likely N-dealkylation sites (tertiary alicyclic amines) is 1. The Hall–Kier alpha value is -2.64. The van der Waals surface area contributed by atoms with E-state index < -0.39 is 5.97 Å². The number of hydrogen-bond acceptors (Lipinski definition) is 10. The summed E-state index contributed by atoms with van der Waals surface area (Å²) in [5.74, 6) is -0.430. The van der Waals surface area contributed by atoms with Gasteiger partial charge in [0, 0.05) is 55.6 Å². The van der Waals surface area contributed by atoms with Crippen molar-refractivity contribution in [1.82, 2.24) is 24.8 Å². The molecule has 5 heterocycles. The second-order valence-corrected chi connectivity index (χ2v) is 12.2. The summed E-state index contributed by atoms with van der Waals surface area (Å²) >= 11 is 9.27. The van der Waals surface area contributed by atoms with E-state index in [2.05, 4.69) is 36.9 Å². The van der Waals surface area contributed by atoms with Crippen LogP contribution in [0.4, 0.5) is 10.9 Å². The average molecular weight is 590 g/mol. The van der Waals surface area contributed by atoms with Gasteiger partial charge in [-0.3, -0.25) is 24.7 Å². The molecule has 0 aliphatic carbocycles. The Morgan fingerprint density at radius 1 is 1.18 bits per heavy atom. The molecule has 2 saturated heterocycles. The third-order valence-electron chi connectivity index (χ3n) is 7.24. The first-order chi connectivity index (χ1) is 18.9. The van der Waals surface area contributed by atoms with E-state index in [9.17, 15) is 9.59 Å². The van der Waals surface area contributed by atoms with E-state index in [0.29, 0.717) is 28.6 Å². The van der Waals surface area contributed by atoms with Gasteiger partial charge in [0.2, 0.25) is 0 Å². The third-order valence-corrected chi connectivity index (χ3v) is 9.48. The topological polar surface area (TPSA) is 115 Å². The normalized spacial score (nSPS) is 18.5. The zero-order chi connectivity index (χ0) is 27.4. The first-order valence-electron chi connectivity index (χ1n) is 13.2. The molecule has 2 fully saturated rings. The maximum atomic E-state index is 13.0. The quantitative estimate of drug-likeness (QED) is 0.352. The van der Waals surface area contributed by atoms with Crippen LogP contribution < -0.4 is 10.2 Å². The molecule has 0 saturated carbocycles. The predicted molar refractivity (Wildman–Crippen MR) is 155 cm³/mol. The van der Waals surface area contributed by atoms with Crippen LogP contribution in [-0.4, -0.2) is 87.0 Å². The highest BCUT2D eigenvalue weighted by Gasteiger charge is 2.26. The number of nitrogens with one attached hydrogen (secondary N) is 1. The molecule has 13 heteroatoms. The average Bonchev–Trinajstić information content (AvgIpc) is 3.68. The van der Waals surface area contributed by atoms with Crippen LogP contribution in [0.5, 0.6) is 0 Å². The zero-order valence-electron chi connectivity index (χ0n) is 21.8. The number of aromatic nitrogens is 3. The molecule has 0 bridgehead atoms. The molecule has 0 radical (unpaired) electrons. The zero-order valence-corrected chi connectivity index (χ0v) is 24.2. The van der Waals surface area contributed by atoms with E-state index in [1.165, 1.54) is 30.4 Å². The molecule has 208 valence electrons. The molecule has 2 N–H and O–H groups in total. The number of halogens is 1. The maximum Gasteiger partial charge on any atom is 0.304 e. The number of thiophene rings is 1. The number of hydrogen-bond donors (Lipinski definition) is 2. The van der Waals surface area contributed by atoms with Crippen LogP contribution in [0.1, 0.15) is 48.0 Å². The number of rotatable bonds is 10. The van der Waals surface area contributed by atoms with Crippen LogP contribution in [0.15, 0.2) is 23.8 Å². The molecule has 0 unspecified atom stereocenters. The summed E-state index contributed by atoms with van der Waals surface area (Å²) in [5, 5.41) is 14.9. The van der Waals surface area contributed by atoms with Gasteiger partial charge in [-0.15, -0.1) is 11.3 Å². The Bertz CT molecular complexity index is 1290. The van der Waals surface area contributed by atoms with Crippen molar-refractivity contribution < 1.29 is 14.7 Å². The fourth-order valence-electron chi connectivity index (χ4n) is 5.11. The minimum Gasteiger partial charge on any atom is -0.481 e. The van der Waals surface area contributed by atoms with E-state index >= 15 is 0 Å². The molecule has 39 heavy (non-hydrogen) atoms. The first-order valence-corrected chi connectivity index (χ1v) is 15.3. The summed E-state index contributed by atoms with van der Waals surface area (Å²) < 4.78 is 0. The van der Waals surface area contributed by atoms with Crippen LogP contribution >= 0.6 is 34.3 Å². The van der Waals surface area contributed by atoms with Crippen LogP contribution in [0.25, 0.3) is 10.6 Å². The van der Waals surface area contributed by atoms with Gasteiger partial charge in [0.15, 0.2) is 5.13 Å². The first kappa shape index (κ1) is 27.9. The van der Waals surface area contributed by atoms with Gasteiger partial charge in [-0.1, -0.05) is 29.9 Å². The lowest BCUT2D eigenvalue weighted by molar-refractivity contribution is -0.137. The van der Waals surface area contributed by atoms with Crippen LogP contribution in [0.3, 0.4) is 0 Å². The number of thiazole rings is 1. The summed E-state index contributed by atoms with van der Waals surface area (Å²) in [6, 6.07) is 2.50. The Morgan fingerprint density at radius 2 is 2.00 bits per heavy atom. The summed E-state index contributed by atoms with van der Waals surface area (Å²) in [4.78, 5) is 46.3. The SMILES string of the molecule is CC[C@@H]1CCCN1Cc1sc(NC(=O)c2cnc(N3CCN(CCC(=O)O)CC3)cn2)nc1-c1cc(Cl)cs1. The van der Waals surface area contributed by atoms with Crippen LogP contribution in [-0.2, 0) is 11.3 Å².